The zero-order valence-corrected chi connectivity index (χ0v) is 16.9. The number of ether oxygens (including phenoxy) is 4. The second-order valence-electron chi connectivity index (χ2n) is 6.35. The van der Waals surface area contributed by atoms with Crippen LogP contribution in [0.1, 0.15) is 16.8 Å². The SMILES string of the molecule is COc1ccc(C(=O)N2CCN(C(=O)CC(CN)OC)CC2)c(OC)c1OC. The summed E-state index contributed by atoms with van der Waals surface area (Å²) in [6.45, 7) is 2.08. The van der Waals surface area contributed by atoms with Crippen molar-refractivity contribution in [2.45, 2.75) is 12.5 Å². The molecule has 2 amide bonds. The molecule has 0 spiro atoms. The van der Waals surface area contributed by atoms with E-state index in [2.05, 4.69) is 0 Å². The van der Waals surface area contributed by atoms with E-state index in [-0.39, 0.29) is 24.3 Å². The highest BCUT2D eigenvalue weighted by Gasteiger charge is 2.29. The van der Waals surface area contributed by atoms with Crippen molar-refractivity contribution in [3.8, 4) is 17.2 Å². The molecule has 1 fully saturated rings. The summed E-state index contributed by atoms with van der Waals surface area (Å²) in [6.07, 6.45) is -0.0482. The predicted octanol–water partition coefficient (Wildman–Crippen LogP) is 0.361. The number of carbonyl (C=O) groups excluding carboxylic acids is 2. The van der Waals surface area contributed by atoms with Gasteiger partial charge in [-0.3, -0.25) is 9.59 Å². The van der Waals surface area contributed by atoms with Crippen molar-refractivity contribution in [3.63, 3.8) is 0 Å². The second-order valence-corrected chi connectivity index (χ2v) is 6.35. The number of amides is 2. The van der Waals surface area contributed by atoms with Gasteiger partial charge < -0.3 is 34.5 Å². The Morgan fingerprint density at radius 1 is 0.964 bits per heavy atom. The fourth-order valence-corrected chi connectivity index (χ4v) is 3.19. The molecule has 2 N–H and O–H groups in total. The van der Waals surface area contributed by atoms with Gasteiger partial charge in [-0.2, -0.15) is 0 Å². The topological polar surface area (TPSA) is 104 Å². The Hall–Kier alpha value is -2.52. The van der Waals surface area contributed by atoms with Crippen LogP contribution in [0.15, 0.2) is 12.1 Å². The zero-order chi connectivity index (χ0) is 20.7. The van der Waals surface area contributed by atoms with Gasteiger partial charge in [-0.25, -0.2) is 0 Å². The van der Waals surface area contributed by atoms with E-state index in [9.17, 15) is 9.59 Å². The van der Waals surface area contributed by atoms with Crippen molar-refractivity contribution < 1.29 is 28.5 Å². The average molecular weight is 395 g/mol. The second kappa shape index (κ2) is 10.1. The average Bonchev–Trinajstić information content (AvgIpc) is 2.75. The summed E-state index contributed by atoms with van der Waals surface area (Å²) in [7, 11) is 6.04. The van der Waals surface area contributed by atoms with Gasteiger partial charge in [0, 0.05) is 39.8 Å². The monoisotopic (exact) mass is 395 g/mol. The number of methoxy groups -OCH3 is 4. The molecule has 2 rings (SSSR count). The van der Waals surface area contributed by atoms with Crippen molar-refractivity contribution in [3.05, 3.63) is 17.7 Å². The normalized spacial score (nSPS) is 15.2. The Morgan fingerprint density at radius 2 is 1.57 bits per heavy atom. The fourth-order valence-electron chi connectivity index (χ4n) is 3.19. The molecular weight excluding hydrogens is 366 g/mol. The molecular formula is C19H29N3O6. The first kappa shape index (κ1) is 21.8. The molecule has 0 aliphatic carbocycles. The maximum Gasteiger partial charge on any atom is 0.257 e. The van der Waals surface area contributed by atoms with Crippen LogP contribution in [0.25, 0.3) is 0 Å². The number of rotatable bonds is 8. The van der Waals surface area contributed by atoms with E-state index in [0.29, 0.717) is 55.5 Å². The summed E-state index contributed by atoms with van der Waals surface area (Å²) in [5.41, 5.74) is 5.97. The molecule has 1 aliphatic heterocycles. The lowest BCUT2D eigenvalue weighted by Gasteiger charge is -2.35. The summed E-state index contributed by atoms with van der Waals surface area (Å²) < 4.78 is 21.2. The predicted molar refractivity (Wildman–Crippen MR) is 103 cm³/mol. The van der Waals surface area contributed by atoms with Crippen LogP contribution in [0.4, 0.5) is 0 Å². The molecule has 0 radical (unpaired) electrons. The van der Waals surface area contributed by atoms with Crippen LogP contribution in [0.5, 0.6) is 17.2 Å². The van der Waals surface area contributed by atoms with Gasteiger partial charge in [-0.05, 0) is 12.1 Å². The summed E-state index contributed by atoms with van der Waals surface area (Å²) in [5, 5.41) is 0. The van der Waals surface area contributed by atoms with Crippen LogP contribution < -0.4 is 19.9 Å². The number of hydrogen-bond donors (Lipinski definition) is 1. The number of piperazine rings is 1. The first-order valence-corrected chi connectivity index (χ1v) is 9.09. The Balaban J connectivity index is 2.07. The van der Waals surface area contributed by atoms with Crippen LogP contribution >= 0.6 is 0 Å². The van der Waals surface area contributed by atoms with Crippen molar-refractivity contribution in [1.29, 1.82) is 0 Å². The van der Waals surface area contributed by atoms with E-state index < -0.39 is 0 Å². The molecule has 1 atom stereocenters. The molecule has 1 saturated heterocycles. The number of nitrogens with zero attached hydrogens (tertiary/aromatic N) is 2. The van der Waals surface area contributed by atoms with Gasteiger partial charge in [-0.1, -0.05) is 0 Å². The molecule has 1 unspecified atom stereocenters. The number of benzene rings is 1. The molecule has 0 saturated carbocycles. The maximum absolute atomic E-state index is 13.0. The van der Waals surface area contributed by atoms with E-state index in [4.69, 9.17) is 24.7 Å². The lowest BCUT2D eigenvalue weighted by Crippen LogP contribution is -2.51. The van der Waals surface area contributed by atoms with Gasteiger partial charge in [-0.15, -0.1) is 0 Å². The van der Waals surface area contributed by atoms with Crippen molar-refractivity contribution in [1.82, 2.24) is 9.80 Å². The molecule has 0 aromatic heterocycles. The minimum Gasteiger partial charge on any atom is -0.493 e. The van der Waals surface area contributed by atoms with Gasteiger partial charge in [0.15, 0.2) is 11.5 Å². The molecule has 0 bridgehead atoms. The number of nitrogens with two attached hydrogens (primary N) is 1. The molecule has 9 heteroatoms. The first-order chi connectivity index (χ1) is 13.5. The van der Waals surface area contributed by atoms with Gasteiger partial charge in [0.05, 0.1) is 39.4 Å². The van der Waals surface area contributed by atoms with Crippen molar-refractivity contribution >= 4 is 11.8 Å². The van der Waals surface area contributed by atoms with E-state index in [1.807, 2.05) is 0 Å². The van der Waals surface area contributed by atoms with Crippen LogP contribution in [0.2, 0.25) is 0 Å². The highest BCUT2D eigenvalue weighted by Crippen LogP contribution is 2.40. The van der Waals surface area contributed by atoms with Crippen LogP contribution in [0, 0.1) is 0 Å². The molecule has 1 aromatic rings. The molecule has 1 aromatic carbocycles. The minimum atomic E-state index is -0.289. The third kappa shape index (κ3) is 4.66. The van der Waals surface area contributed by atoms with Crippen LogP contribution in [-0.4, -0.2) is 88.9 Å². The molecule has 9 nitrogen and oxygen atoms in total. The molecule has 1 heterocycles. The standard InChI is InChI=1S/C19H29N3O6/c1-25-13(12-20)11-16(23)21-7-9-22(10-8-21)19(24)14-5-6-15(26-2)18(28-4)17(14)27-3/h5-6,13H,7-12,20H2,1-4H3. The zero-order valence-electron chi connectivity index (χ0n) is 16.9. The van der Waals surface area contributed by atoms with E-state index in [1.54, 1.807) is 21.9 Å². The van der Waals surface area contributed by atoms with E-state index >= 15 is 0 Å². The van der Waals surface area contributed by atoms with E-state index in [0.717, 1.165) is 0 Å². The Morgan fingerprint density at radius 3 is 2.07 bits per heavy atom. The molecule has 156 valence electrons. The van der Waals surface area contributed by atoms with Crippen molar-refractivity contribution in [2.75, 3.05) is 61.2 Å². The van der Waals surface area contributed by atoms with Gasteiger partial charge in [0.25, 0.3) is 5.91 Å². The lowest BCUT2D eigenvalue weighted by atomic mass is 10.1. The summed E-state index contributed by atoms with van der Waals surface area (Å²) in [6, 6.07) is 3.33. The van der Waals surface area contributed by atoms with Gasteiger partial charge in [0.2, 0.25) is 11.7 Å². The van der Waals surface area contributed by atoms with Gasteiger partial charge in [0.1, 0.15) is 0 Å². The molecule has 28 heavy (non-hydrogen) atoms. The van der Waals surface area contributed by atoms with Crippen LogP contribution in [-0.2, 0) is 9.53 Å². The summed E-state index contributed by atoms with van der Waals surface area (Å²) in [5.74, 6) is 0.988. The van der Waals surface area contributed by atoms with Crippen LogP contribution in [0.3, 0.4) is 0 Å². The lowest BCUT2D eigenvalue weighted by molar-refractivity contribution is -0.135. The minimum absolute atomic E-state index is 0.0203. The molecule has 1 aliphatic rings. The fraction of sp³-hybridized carbons (Fsp3) is 0.579. The highest BCUT2D eigenvalue weighted by molar-refractivity contribution is 5.98. The third-order valence-corrected chi connectivity index (χ3v) is 4.85. The summed E-state index contributed by atoms with van der Waals surface area (Å²) >= 11 is 0. The Labute approximate surface area is 165 Å². The number of carbonyl (C=O) groups is 2. The largest absolute Gasteiger partial charge is 0.493 e. The van der Waals surface area contributed by atoms with Gasteiger partial charge >= 0.3 is 0 Å². The summed E-state index contributed by atoms with van der Waals surface area (Å²) in [4.78, 5) is 28.8. The quantitative estimate of drug-likeness (QED) is 0.678. The Kier molecular flexibility index (Phi) is 7.89. The maximum atomic E-state index is 13.0. The van der Waals surface area contributed by atoms with E-state index in [1.165, 1.54) is 28.4 Å². The first-order valence-electron chi connectivity index (χ1n) is 9.09. The smallest absolute Gasteiger partial charge is 0.257 e. The number of hydrogen-bond acceptors (Lipinski definition) is 7. The third-order valence-electron chi connectivity index (χ3n) is 4.85. The highest BCUT2D eigenvalue weighted by atomic mass is 16.5. The van der Waals surface area contributed by atoms with Crippen molar-refractivity contribution in [2.24, 2.45) is 5.73 Å². The Bertz CT molecular complexity index is 684.